The van der Waals surface area contributed by atoms with Crippen LogP contribution in [0.25, 0.3) is 0 Å². The molecule has 0 saturated carbocycles. The normalized spacial score (nSPS) is 16.3. The number of nitrogens with one attached hydrogen (secondary N) is 1. The second-order valence-corrected chi connectivity index (χ2v) is 7.60. The summed E-state index contributed by atoms with van der Waals surface area (Å²) in [6.07, 6.45) is 1.67. The fourth-order valence-corrected chi connectivity index (χ4v) is 4.43. The molecule has 0 unspecified atom stereocenters. The van der Waals surface area contributed by atoms with E-state index in [1.165, 1.54) is 16.4 Å². The van der Waals surface area contributed by atoms with Crippen LogP contribution in [0.3, 0.4) is 0 Å². The van der Waals surface area contributed by atoms with Crippen LogP contribution in [0.5, 0.6) is 0 Å². The molecule has 0 bridgehead atoms. The minimum absolute atomic E-state index is 0.105. The van der Waals surface area contributed by atoms with Crippen LogP contribution in [0.15, 0.2) is 41.4 Å². The summed E-state index contributed by atoms with van der Waals surface area (Å²) in [4.78, 5) is 16.8. The van der Waals surface area contributed by atoms with Crippen LogP contribution in [0.1, 0.15) is 16.1 Å². The van der Waals surface area contributed by atoms with Gasteiger partial charge in [-0.25, -0.2) is 12.8 Å². The van der Waals surface area contributed by atoms with E-state index >= 15 is 0 Å². The molecule has 0 atom stereocenters. The molecule has 1 aliphatic heterocycles. The van der Waals surface area contributed by atoms with E-state index in [0.717, 1.165) is 6.07 Å². The van der Waals surface area contributed by atoms with E-state index in [0.29, 0.717) is 24.3 Å². The van der Waals surface area contributed by atoms with Crippen LogP contribution in [-0.4, -0.2) is 54.7 Å². The number of nitrogens with zero attached hydrogens (tertiary/aromatic N) is 2. The van der Waals surface area contributed by atoms with Crippen LogP contribution in [-0.2, 0) is 10.0 Å². The topological polar surface area (TPSA) is 73.5 Å². The Labute approximate surface area is 139 Å². The molecule has 1 saturated heterocycles. The molecule has 2 aromatic rings. The van der Waals surface area contributed by atoms with Gasteiger partial charge in [0, 0.05) is 32.4 Å². The number of aromatic amines is 1. The van der Waals surface area contributed by atoms with Crippen molar-refractivity contribution in [3.05, 3.63) is 53.6 Å². The minimum atomic E-state index is -3.69. The summed E-state index contributed by atoms with van der Waals surface area (Å²) in [6, 6.07) is 7.07. The molecule has 1 fully saturated rings. The molecule has 8 heteroatoms. The number of H-pyrrole nitrogens is 1. The molecule has 128 valence electrons. The third-order valence-electron chi connectivity index (χ3n) is 4.11. The molecule has 24 heavy (non-hydrogen) atoms. The van der Waals surface area contributed by atoms with Crippen LogP contribution in [0.2, 0.25) is 0 Å². The number of sulfonamides is 1. The fourth-order valence-electron chi connectivity index (χ4n) is 2.81. The molecule has 2 heterocycles. The first kappa shape index (κ1) is 16.7. The lowest BCUT2D eigenvalue weighted by atomic mass is 10.2. The van der Waals surface area contributed by atoms with Crippen molar-refractivity contribution in [1.29, 1.82) is 0 Å². The van der Waals surface area contributed by atoms with Crippen molar-refractivity contribution in [3.63, 3.8) is 0 Å². The molecule has 0 aliphatic carbocycles. The molecule has 6 nitrogen and oxygen atoms in total. The second-order valence-electron chi connectivity index (χ2n) is 5.69. The maximum Gasteiger partial charge on any atom is 0.270 e. The van der Waals surface area contributed by atoms with Gasteiger partial charge in [-0.05, 0) is 42.8 Å². The minimum Gasteiger partial charge on any atom is -0.357 e. The van der Waals surface area contributed by atoms with Gasteiger partial charge in [0.1, 0.15) is 11.5 Å². The van der Waals surface area contributed by atoms with Gasteiger partial charge >= 0.3 is 0 Å². The zero-order valence-electron chi connectivity index (χ0n) is 13.2. The van der Waals surface area contributed by atoms with E-state index in [1.807, 2.05) is 0 Å². The third kappa shape index (κ3) is 3.07. The predicted molar refractivity (Wildman–Crippen MR) is 86.6 cm³/mol. The summed E-state index contributed by atoms with van der Waals surface area (Å²) >= 11 is 0. The second kappa shape index (κ2) is 6.37. The van der Waals surface area contributed by atoms with E-state index in [4.69, 9.17) is 0 Å². The molecular formula is C16H18FN3O3S. The molecule has 1 amide bonds. The summed E-state index contributed by atoms with van der Waals surface area (Å²) in [7, 11) is -3.69. The highest BCUT2D eigenvalue weighted by Crippen LogP contribution is 2.22. The van der Waals surface area contributed by atoms with Gasteiger partial charge in [-0.3, -0.25) is 4.79 Å². The molecule has 0 spiro atoms. The zero-order chi connectivity index (χ0) is 17.3. The van der Waals surface area contributed by atoms with Crippen molar-refractivity contribution in [1.82, 2.24) is 14.2 Å². The molecule has 1 N–H and O–H groups in total. The maximum absolute atomic E-state index is 13.2. The quantitative estimate of drug-likeness (QED) is 0.913. The van der Waals surface area contributed by atoms with Gasteiger partial charge in [0.2, 0.25) is 10.0 Å². The summed E-state index contributed by atoms with van der Waals surface area (Å²) in [5.74, 6) is -0.608. The number of hydrogen-bond donors (Lipinski definition) is 1. The van der Waals surface area contributed by atoms with Gasteiger partial charge in [0.25, 0.3) is 5.91 Å². The Balaban J connectivity index is 1.73. The average molecular weight is 351 g/mol. The number of carbonyl (C=O) groups excluding carboxylic acids is 1. The van der Waals surface area contributed by atoms with Crippen LogP contribution in [0, 0.1) is 12.7 Å². The lowest BCUT2D eigenvalue weighted by Gasteiger charge is -2.34. The van der Waals surface area contributed by atoms with Gasteiger partial charge in [0.05, 0.1) is 4.90 Å². The van der Waals surface area contributed by atoms with E-state index in [9.17, 15) is 17.6 Å². The standard InChI is InChI=1S/C16H18FN3O3S/c1-12-11-13(17)4-5-15(12)24(22,23)20-9-7-19(8-10-20)16(21)14-3-2-6-18-14/h2-6,11,18H,7-10H2,1H3. The number of halogens is 1. The highest BCUT2D eigenvalue weighted by atomic mass is 32.2. The number of benzene rings is 1. The lowest BCUT2D eigenvalue weighted by Crippen LogP contribution is -2.50. The number of rotatable bonds is 3. The fraction of sp³-hybridized carbons (Fsp3) is 0.312. The maximum atomic E-state index is 13.2. The summed E-state index contributed by atoms with van der Waals surface area (Å²) in [5.41, 5.74) is 0.862. The molecule has 1 aromatic heterocycles. The van der Waals surface area contributed by atoms with Crippen LogP contribution >= 0.6 is 0 Å². The van der Waals surface area contributed by atoms with Gasteiger partial charge in [-0.2, -0.15) is 4.31 Å². The summed E-state index contributed by atoms with van der Waals surface area (Å²) in [5, 5.41) is 0. The van der Waals surface area contributed by atoms with Crippen molar-refractivity contribution in [2.45, 2.75) is 11.8 Å². The lowest BCUT2D eigenvalue weighted by molar-refractivity contribution is 0.0692. The number of aromatic nitrogens is 1. The molecular weight excluding hydrogens is 333 g/mol. The average Bonchev–Trinajstić information content (AvgIpc) is 3.08. The monoisotopic (exact) mass is 351 g/mol. The zero-order valence-corrected chi connectivity index (χ0v) is 14.0. The van der Waals surface area contributed by atoms with Crippen molar-refractivity contribution in [2.24, 2.45) is 0 Å². The Kier molecular flexibility index (Phi) is 4.42. The highest BCUT2D eigenvalue weighted by molar-refractivity contribution is 7.89. The number of carbonyl (C=O) groups is 1. The molecule has 0 radical (unpaired) electrons. The first-order chi connectivity index (χ1) is 11.4. The van der Waals surface area contributed by atoms with Crippen molar-refractivity contribution in [2.75, 3.05) is 26.2 Å². The smallest absolute Gasteiger partial charge is 0.270 e. The van der Waals surface area contributed by atoms with Crippen LogP contribution < -0.4 is 0 Å². The Bertz CT molecular complexity index is 841. The first-order valence-electron chi connectivity index (χ1n) is 7.58. The number of aryl methyl sites for hydroxylation is 1. The predicted octanol–water partition coefficient (Wildman–Crippen LogP) is 1.61. The first-order valence-corrected chi connectivity index (χ1v) is 9.02. The molecule has 1 aromatic carbocycles. The Morgan fingerprint density at radius 1 is 1.17 bits per heavy atom. The van der Waals surface area contributed by atoms with Gasteiger partial charge in [0.15, 0.2) is 0 Å². The van der Waals surface area contributed by atoms with Gasteiger partial charge in [-0.15, -0.1) is 0 Å². The van der Waals surface area contributed by atoms with Crippen molar-refractivity contribution >= 4 is 15.9 Å². The SMILES string of the molecule is Cc1cc(F)ccc1S(=O)(=O)N1CCN(C(=O)c2ccc[nH]2)CC1. The third-order valence-corrected chi connectivity index (χ3v) is 6.17. The van der Waals surface area contributed by atoms with E-state index < -0.39 is 15.8 Å². The van der Waals surface area contributed by atoms with Crippen molar-refractivity contribution < 1.29 is 17.6 Å². The Hall–Kier alpha value is -2.19. The van der Waals surface area contributed by atoms with E-state index in [1.54, 1.807) is 30.2 Å². The Morgan fingerprint density at radius 2 is 1.88 bits per heavy atom. The highest BCUT2D eigenvalue weighted by Gasteiger charge is 2.31. The van der Waals surface area contributed by atoms with Gasteiger partial charge < -0.3 is 9.88 Å². The summed E-state index contributed by atoms with van der Waals surface area (Å²) < 4.78 is 40.0. The number of amides is 1. The Morgan fingerprint density at radius 3 is 2.46 bits per heavy atom. The largest absolute Gasteiger partial charge is 0.357 e. The van der Waals surface area contributed by atoms with Crippen LogP contribution in [0.4, 0.5) is 4.39 Å². The van der Waals surface area contributed by atoms with Crippen molar-refractivity contribution in [3.8, 4) is 0 Å². The molecule has 1 aliphatic rings. The molecule has 3 rings (SSSR count). The number of hydrogen-bond acceptors (Lipinski definition) is 3. The van der Waals surface area contributed by atoms with Gasteiger partial charge in [-0.1, -0.05) is 0 Å². The van der Waals surface area contributed by atoms with E-state index in [2.05, 4.69) is 4.98 Å². The number of piperazine rings is 1. The summed E-state index contributed by atoms with van der Waals surface area (Å²) in [6.45, 7) is 2.63. The van der Waals surface area contributed by atoms with E-state index in [-0.39, 0.29) is 23.9 Å².